The van der Waals surface area contributed by atoms with Crippen LogP contribution < -0.4 is 0 Å². The van der Waals surface area contributed by atoms with Gasteiger partial charge in [0.15, 0.2) is 0 Å². The predicted molar refractivity (Wildman–Crippen MR) is 59.0 cm³/mol. The second kappa shape index (κ2) is 3.84. The molecule has 0 aromatic heterocycles. The lowest BCUT2D eigenvalue weighted by atomic mass is 9.90. The van der Waals surface area contributed by atoms with Crippen LogP contribution >= 0.6 is 0 Å². The molecule has 2 fully saturated rings. The first-order valence-electron chi connectivity index (χ1n) is 6.24. The van der Waals surface area contributed by atoms with Gasteiger partial charge in [-0.15, -0.1) is 0 Å². The van der Waals surface area contributed by atoms with E-state index in [1.165, 1.54) is 38.5 Å². The van der Waals surface area contributed by atoms with Crippen molar-refractivity contribution in [3.8, 4) is 0 Å². The SMILES string of the molecule is CC1(C)C[C@H]1CC[C@H]1CCC[C@H]1CO. The minimum absolute atomic E-state index is 0.429. The van der Waals surface area contributed by atoms with Crippen LogP contribution in [0.3, 0.4) is 0 Å². The summed E-state index contributed by atoms with van der Waals surface area (Å²) in [6.07, 6.45) is 8.22. The van der Waals surface area contributed by atoms with E-state index >= 15 is 0 Å². The molecule has 0 aliphatic heterocycles. The Bertz CT molecular complexity index is 197. The molecular weight excluding hydrogens is 172 g/mol. The second-order valence-electron chi connectivity index (χ2n) is 6.10. The average molecular weight is 196 g/mol. The third-order valence-electron chi connectivity index (χ3n) is 4.65. The van der Waals surface area contributed by atoms with E-state index in [0.29, 0.717) is 17.9 Å². The number of aliphatic hydroxyl groups excluding tert-OH is 1. The number of aliphatic hydroxyl groups is 1. The van der Waals surface area contributed by atoms with E-state index in [-0.39, 0.29) is 0 Å². The molecule has 2 rings (SSSR count). The van der Waals surface area contributed by atoms with E-state index in [1.807, 2.05) is 0 Å². The molecule has 1 N–H and O–H groups in total. The fourth-order valence-corrected chi connectivity index (χ4v) is 3.22. The van der Waals surface area contributed by atoms with Crippen LogP contribution in [0, 0.1) is 23.2 Å². The maximum atomic E-state index is 9.22. The molecule has 0 unspecified atom stereocenters. The van der Waals surface area contributed by atoms with Crippen LogP contribution in [0.4, 0.5) is 0 Å². The zero-order valence-corrected chi connectivity index (χ0v) is 9.63. The van der Waals surface area contributed by atoms with Crippen molar-refractivity contribution in [2.45, 2.75) is 52.4 Å². The Hall–Kier alpha value is -0.0400. The van der Waals surface area contributed by atoms with E-state index < -0.39 is 0 Å². The molecule has 2 aliphatic carbocycles. The highest BCUT2D eigenvalue weighted by Gasteiger charge is 2.45. The second-order valence-corrected chi connectivity index (χ2v) is 6.10. The average Bonchev–Trinajstić information content (AvgIpc) is 2.62. The molecule has 0 heterocycles. The summed E-state index contributed by atoms with van der Waals surface area (Å²) in [5.74, 6) is 2.47. The van der Waals surface area contributed by atoms with Gasteiger partial charge in [0.2, 0.25) is 0 Å². The van der Waals surface area contributed by atoms with E-state index in [4.69, 9.17) is 0 Å². The monoisotopic (exact) mass is 196 g/mol. The molecule has 82 valence electrons. The van der Waals surface area contributed by atoms with Gasteiger partial charge < -0.3 is 5.11 Å². The van der Waals surface area contributed by atoms with Gasteiger partial charge in [0.25, 0.3) is 0 Å². The molecule has 1 heteroatoms. The molecule has 0 saturated heterocycles. The lowest BCUT2D eigenvalue weighted by Gasteiger charge is -2.17. The summed E-state index contributed by atoms with van der Waals surface area (Å²) in [6.45, 7) is 5.20. The largest absolute Gasteiger partial charge is 0.396 e. The van der Waals surface area contributed by atoms with Crippen molar-refractivity contribution < 1.29 is 5.11 Å². The zero-order valence-electron chi connectivity index (χ0n) is 9.63. The molecule has 0 aromatic rings. The Kier molecular flexibility index (Phi) is 2.88. The van der Waals surface area contributed by atoms with Crippen molar-refractivity contribution in [1.82, 2.24) is 0 Å². The van der Waals surface area contributed by atoms with E-state index in [1.54, 1.807) is 0 Å². The zero-order chi connectivity index (χ0) is 10.2. The van der Waals surface area contributed by atoms with Crippen molar-refractivity contribution in [3.63, 3.8) is 0 Å². The van der Waals surface area contributed by atoms with Crippen LogP contribution in [0.15, 0.2) is 0 Å². The van der Waals surface area contributed by atoms with Crippen LogP contribution in [0.2, 0.25) is 0 Å². The Morgan fingerprint density at radius 1 is 1.14 bits per heavy atom. The van der Waals surface area contributed by atoms with Gasteiger partial charge in [0, 0.05) is 6.61 Å². The fraction of sp³-hybridized carbons (Fsp3) is 1.00. The highest BCUT2D eigenvalue weighted by Crippen LogP contribution is 2.55. The predicted octanol–water partition coefficient (Wildman–Crippen LogP) is 3.22. The van der Waals surface area contributed by atoms with Crippen LogP contribution in [0.1, 0.15) is 52.4 Å². The standard InChI is InChI=1S/C13H24O/c1-13(2)8-12(13)7-6-10-4-3-5-11(10)9-14/h10-12,14H,3-9H2,1-2H3/t10-,11+,12-/m1/s1. The van der Waals surface area contributed by atoms with Crippen molar-refractivity contribution >= 4 is 0 Å². The van der Waals surface area contributed by atoms with E-state index in [9.17, 15) is 5.11 Å². The maximum Gasteiger partial charge on any atom is 0.0461 e. The lowest BCUT2D eigenvalue weighted by molar-refractivity contribution is 0.186. The lowest BCUT2D eigenvalue weighted by Crippen LogP contribution is -2.12. The van der Waals surface area contributed by atoms with Crippen LogP contribution in [0.5, 0.6) is 0 Å². The van der Waals surface area contributed by atoms with Gasteiger partial charge in [-0.2, -0.15) is 0 Å². The molecule has 0 amide bonds. The van der Waals surface area contributed by atoms with Crippen molar-refractivity contribution in [3.05, 3.63) is 0 Å². The summed E-state index contributed by atoms with van der Waals surface area (Å²) in [5, 5.41) is 9.22. The molecule has 14 heavy (non-hydrogen) atoms. The van der Waals surface area contributed by atoms with Gasteiger partial charge in [-0.3, -0.25) is 0 Å². The van der Waals surface area contributed by atoms with Crippen LogP contribution in [-0.2, 0) is 0 Å². The molecule has 0 spiro atoms. The molecule has 2 aliphatic rings. The molecule has 2 saturated carbocycles. The van der Waals surface area contributed by atoms with E-state index in [0.717, 1.165) is 11.8 Å². The quantitative estimate of drug-likeness (QED) is 0.732. The van der Waals surface area contributed by atoms with Crippen molar-refractivity contribution in [2.75, 3.05) is 6.61 Å². The number of hydrogen-bond donors (Lipinski definition) is 1. The van der Waals surface area contributed by atoms with Gasteiger partial charge in [-0.05, 0) is 48.9 Å². The molecule has 1 nitrogen and oxygen atoms in total. The van der Waals surface area contributed by atoms with Gasteiger partial charge in [0.05, 0.1) is 0 Å². The minimum atomic E-state index is 0.429. The summed E-state index contributed by atoms with van der Waals surface area (Å²) in [5.41, 5.74) is 0.646. The third kappa shape index (κ3) is 2.13. The fourth-order valence-electron chi connectivity index (χ4n) is 3.22. The van der Waals surface area contributed by atoms with E-state index in [2.05, 4.69) is 13.8 Å². The maximum absolute atomic E-state index is 9.22. The first kappa shape index (κ1) is 10.5. The topological polar surface area (TPSA) is 20.2 Å². The Balaban J connectivity index is 1.70. The first-order valence-corrected chi connectivity index (χ1v) is 6.24. The van der Waals surface area contributed by atoms with Gasteiger partial charge in [0.1, 0.15) is 0 Å². The van der Waals surface area contributed by atoms with Crippen LogP contribution in [0.25, 0.3) is 0 Å². The smallest absolute Gasteiger partial charge is 0.0461 e. The van der Waals surface area contributed by atoms with Gasteiger partial charge in [-0.25, -0.2) is 0 Å². The highest BCUT2D eigenvalue weighted by molar-refractivity contribution is 4.95. The number of rotatable bonds is 4. The molecule has 0 radical (unpaired) electrons. The highest BCUT2D eigenvalue weighted by atomic mass is 16.3. The van der Waals surface area contributed by atoms with Crippen molar-refractivity contribution in [2.24, 2.45) is 23.2 Å². The summed E-state index contributed by atoms with van der Waals surface area (Å²) in [7, 11) is 0. The molecule has 0 aromatic carbocycles. The summed E-state index contributed by atoms with van der Waals surface area (Å²) in [4.78, 5) is 0. The Morgan fingerprint density at radius 2 is 1.79 bits per heavy atom. The molecule has 3 atom stereocenters. The summed E-state index contributed by atoms with van der Waals surface area (Å²) < 4.78 is 0. The minimum Gasteiger partial charge on any atom is -0.396 e. The Labute approximate surface area is 87.9 Å². The van der Waals surface area contributed by atoms with Crippen molar-refractivity contribution in [1.29, 1.82) is 0 Å². The van der Waals surface area contributed by atoms with Gasteiger partial charge >= 0.3 is 0 Å². The normalized spacial score (nSPS) is 40.1. The number of hydrogen-bond acceptors (Lipinski definition) is 1. The van der Waals surface area contributed by atoms with Crippen LogP contribution in [-0.4, -0.2) is 11.7 Å². The first-order chi connectivity index (χ1) is 6.63. The Morgan fingerprint density at radius 3 is 2.36 bits per heavy atom. The summed E-state index contributed by atoms with van der Waals surface area (Å²) in [6, 6.07) is 0. The summed E-state index contributed by atoms with van der Waals surface area (Å²) >= 11 is 0. The molecular formula is C13H24O. The molecule has 0 bridgehead atoms. The third-order valence-corrected chi connectivity index (χ3v) is 4.65. The van der Waals surface area contributed by atoms with Gasteiger partial charge in [-0.1, -0.05) is 26.7 Å².